The van der Waals surface area contributed by atoms with Crippen LogP contribution in [0.2, 0.25) is 0 Å². The second kappa shape index (κ2) is 7.99. The van der Waals surface area contributed by atoms with Gasteiger partial charge in [-0.15, -0.1) is 0 Å². The van der Waals surface area contributed by atoms with Crippen molar-refractivity contribution < 1.29 is 14.6 Å². The highest BCUT2D eigenvalue weighted by molar-refractivity contribution is 5.67. The molecular weight excluding hydrogens is 268 g/mol. The van der Waals surface area contributed by atoms with Crippen molar-refractivity contribution in [3.63, 3.8) is 0 Å². The largest absolute Gasteiger partial charge is 0.444 e. The summed E-state index contributed by atoms with van der Waals surface area (Å²) in [6, 6.07) is 0. The molecule has 0 aromatic rings. The van der Waals surface area contributed by atoms with Gasteiger partial charge in [0.25, 0.3) is 0 Å². The van der Waals surface area contributed by atoms with Gasteiger partial charge in [-0.1, -0.05) is 6.92 Å². The van der Waals surface area contributed by atoms with E-state index in [1.807, 2.05) is 20.8 Å². The van der Waals surface area contributed by atoms with Gasteiger partial charge >= 0.3 is 6.09 Å². The fraction of sp³-hybridized carbons (Fsp3) is 0.938. The van der Waals surface area contributed by atoms with Crippen molar-refractivity contribution in [2.75, 3.05) is 19.6 Å². The van der Waals surface area contributed by atoms with Crippen molar-refractivity contribution in [1.29, 1.82) is 0 Å². The highest BCUT2D eigenvalue weighted by atomic mass is 16.6. The van der Waals surface area contributed by atoms with Crippen molar-refractivity contribution in [1.82, 2.24) is 10.6 Å². The van der Waals surface area contributed by atoms with Gasteiger partial charge in [0.2, 0.25) is 0 Å². The van der Waals surface area contributed by atoms with Crippen LogP contribution in [0.3, 0.4) is 0 Å². The smallest absolute Gasteiger partial charge is 0.407 e. The predicted molar refractivity (Wildman–Crippen MR) is 84.3 cm³/mol. The van der Waals surface area contributed by atoms with Crippen LogP contribution in [0.1, 0.15) is 59.8 Å². The molecule has 1 rings (SSSR count). The summed E-state index contributed by atoms with van der Waals surface area (Å²) >= 11 is 0. The molecule has 0 unspecified atom stereocenters. The molecule has 1 aliphatic rings. The summed E-state index contributed by atoms with van der Waals surface area (Å²) in [6.07, 6.45) is 4.44. The number of aliphatic hydroxyl groups is 1. The van der Waals surface area contributed by atoms with E-state index in [9.17, 15) is 9.90 Å². The average Bonchev–Trinajstić information content (AvgIpc) is 2.35. The molecule has 1 fully saturated rings. The standard InChI is InChI=1S/C16H32N2O3/c1-13-6-8-16(20,9-7-13)12-17-10-5-11-18-14(19)21-15(2,3)4/h13,17,20H,5-12H2,1-4H3,(H,18,19). The maximum Gasteiger partial charge on any atom is 0.407 e. The molecule has 21 heavy (non-hydrogen) atoms. The van der Waals surface area contributed by atoms with Crippen LogP contribution in [-0.2, 0) is 4.74 Å². The van der Waals surface area contributed by atoms with Gasteiger partial charge in [-0.3, -0.25) is 0 Å². The molecule has 1 saturated carbocycles. The number of carbonyl (C=O) groups excluding carboxylic acids is 1. The van der Waals surface area contributed by atoms with Crippen LogP contribution in [-0.4, -0.2) is 42.0 Å². The number of carbonyl (C=O) groups is 1. The van der Waals surface area contributed by atoms with Crippen molar-refractivity contribution in [3.8, 4) is 0 Å². The van der Waals surface area contributed by atoms with Gasteiger partial charge in [0.05, 0.1) is 5.60 Å². The monoisotopic (exact) mass is 300 g/mol. The van der Waals surface area contributed by atoms with Crippen LogP contribution in [0.15, 0.2) is 0 Å². The first kappa shape index (κ1) is 18.2. The van der Waals surface area contributed by atoms with E-state index in [0.717, 1.165) is 44.6 Å². The molecule has 3 N–H and O–H groups in total. The lowest BCUT2D eigenvalue weighted by atomic mass is 9.79. The fourth-order valence-corrected chi connectivity index (χ4v) is 2.52. The summed E-state index contributed by atoms with van der Waals surface area (Å²) in [7, 11) is 0. The molecule has 0 spiro atoms. The highest BCUT2D eigenvalue weighted by Gasteiger charge is 2.31. The molecule has 0 atom stereocenters. The minimum absolute atomic E-state index is 0.373. The van der Waals surface area contributed by atoms with E-state index < -0.39 is 11.2 Å². The predicted octanol–water partition coefficient (Wildman–Crippen LogP) is 2.43. The second-order valence-electron chi connectivity index (χ2n) is 7.37. The number of alkyl carbamates (subject to hydrolysis) is 1. The fourth-order valence-electron chi connectivity index (χ4n) is 2.52. The molecule has 1 amide bonds. The van der Waals surface area contributed by atoms with Crippen LogP contribution in [0.4, 0.5) is 4.79 Å². The molecule has 0 saturated heterocycles. The highest BCUT2D eigenvalue weighted by Crippen LogP contribution is 2.31. The second-order valence-corrected chi connectivity index (χ2v) is 7.37. The third kappa shape index (κ3) is 8.27. The van der Waals surface area contributed by atoms with Crippen LogP contribution in [0.25, 0.3) is 0 Å². The molecule has 5 heteroatoms. The molecule has 0 radical (unpaired) electrons. The third-order valence-electron chi connectivity index (χ3n) is 3.86. The number of nitrogens with one attached hydrogen (secondary N) is 2. The quantitative estimate of drug-likeness (QED) is 0.659. The van der Waals surface area contributed by atoms with E-state index in [0.29, 0.717) is 13.1 Å². The van der Waals surface area contributed by atoms with E-state index in [2.05, 4.69) is 17.6 Å². The maximum atomic E-state index is 11.4. The minimum atomic E-state index is -0.537. The lowest BCUT2D eigenvalue weighted by Gasteiger charge is -2.35. The van der Waals surface area contributed by atoms with Crippen LogP contribution < -0.4 is 10.6 Å². The van der Waals surface area contributed by atoms with Crippen molar-refractivity contribution in [2.45, 2.75) is 71.0 Å². The van der Waals surface area contributed by atoms with Crippen LogP contribution in [0, 0.1) is 5.92 Å². The average molecular weight is 300 g/mol. The number of hydrogen-bond acceptors (Lipinski definition) is 4. The molecular formula is C16H32N2O3. The van der Waals surface area contributed by atoms with Gasteiger partial charge in [0, 0.05) is 13.1 Å². The summed E-state index contributed by atoms with van der Waals surface area (Å²) in [6.45, 7) is 9.80. The Hall–Kier alpha value is -0.810. The minimum Gasteiger partial charge on any atom is -0.444 e. The molecule has 0 bridgehead atoms. The van der Waals surface area contributed by atoms with Gasteiger partial charge in [0.1, 0.15) is 5.60 Å². The Balaban J connectivity index is 2.03. The number of hydrogen-bond donors (Lipinski definition) is 3. The third-order valence-corrected chi connectivity index (χ3v) is 3.86. The van der Waals surface area contributed by atoms with Gasteiger partial charge < -0.3 is 20.5 Å². The molecule has 1 aliphatic carbocycles. The Kier molecular flexibility index (Phi) is 6.94. The maximum absolute atomic E-state index is 11.4. The summed E-state index contributed by atoms with van der Waals surface area (Å²) in [5, 5.41) is 16.4. The molecule has 124 valence electrons. The zero-order valence-corrected chi connectivity index (χ0v) is 14.0. The van der Waals surface area contributed by atoms with Crippen LogP contribution in [0.5, 0.6) is 0 Å². The van der Waals surface area contributed by atoms with Crippen molar-refractivity contribution in [3.05, 3.63) is 0 Å². The Bertz CT molecular complexity index is 318. The molecule has 0 aromatic carbocycles. The first-order valence-corrected chi connectivity index (χ1v) is 8.10. The van der Waals surface area contributed by atoms with E-state index in [-0.39, 0.29) is 6.09 Å². The van der Waals surface area contributed by atoms with E-state index in [1.54, 1.807) is 0 Å². The topological polar surface area (TPSA) is 70.6 Å². The number of amides is 1. The van der Waals surface area contributed by atoms with Gasteiger partial charge in [-0.05, 0) is 65.3 Å². The zero-order chi connectivity index (χ0) is 15.9. The Morgan fingerprint density at radius 2 is 1.90 bits per heavy atom. The summed E-state index contributed by atoms with van der Waals surface area (Å²) in [5.74, 6) is 0.739. The zero-order valence-electron chi connectivity index (χ0n) is 14.0. The molecule has 0 aliphatic heterocycles. The van der Waals surface area contributed by atoms with Gasteiger partial charge in [-0.2, -0.15) is 0 Å². The van der Waals surface area contributed by atoms with E-state index >= 15 is 0 Å². The molecule has 0 aromatic heterocycles. The number of rotatable bonds is 6. The Labute approximate surface area is 128 Å². The lowest BCUT2D eigenvalue weighted by Crippen LogP contribution is -2.44. The summed E-state index contributed by atoms with van der Waals surface area (Å²) < 4.78 is 5.16. The lowest BCUT2D eigenvalue weighted by molar-refractivity contribution is -0.00597. The van der Waals surface area contributed by atoms with Crippen LogP contribution >= 0.6 is 0 Å². The first-order chi connectivity index (χ1) is 9.70. The summed E-state index contributed by atoms with van der Waals surface area (Å²) in [5.41, 5.74) is -0.991. The van der Waals surface area contributed by atoms with Crippen molar-refractivity contribution in [2.24, 2.45) is 5.92 Å². The number of ether oxygens (including phenoxy) is 1. The van der Waals surface area contributed by atoms with Gasteiger partial charge in [-0.25, -0.2) is 4.79 Å². The Morgan fingerprint density at radius 3 is 2.48 bits per heavy atom. The first-order valence-electron chi connectivity index (χ1n) is 8.10. The summed E-state index contributed by atoms with van der Waals surface area (Å²) in [4.78, 5) is 11.4. The SMILES string of the molecule is CC1CCC(O)(CNCCCNC(=O)OC(C)(C)C)CC1. The van der Waals surface area contributed by atoms with E-state index in [1.165, 1.54) is 0 Å². The molecule has 0 heterocycles. The van der Waals surface area contributed by atoms with Crippen molar-refractivity contribution >= 4 is 6.09 Å². The Morgan fingerprint density at radius 1 is 1.29 bits per heavy atom. The van der Waals surface area contributed by atoms with E-state index in [4.69, 9.17) is 4.74 Å². The molecule has 5 nitrogen and oxygen atoms in total. The van der Waals surface area contributed by atoms with Gasteiger partial charge in [0.15, 0.2) is 0 Å². The normalized spacial score (nSPS) is 26.4.